The number of likely N-dealkylation sites (tertiary alicyclic amines) is 1. The van der Waals surface area contributed by atoms with Crippen molar-refractivity contribution in [3.63, 3.8) is 0 Å². The number of benzene rings is 1. The van der Waals surface area contributed by atoms with Crippen molar-refractivity contribution in [3.8, 4) is 5.88 Å². The van der Waals surface area contributed by atoms with Crippen LogP contribution in [0, 0.1) is 5.82 Å². The van der Waals surface area contributed by atoms with Gasteiger partial charge in [0.1, 0.15) is 18.1 Å². The number of carboxylic acid groups (broad SMARTS) is 1. The van der Waals surface area contributed by atoms with Gasteiger partial charge in [0.25, 0.3) is 0 Å². The van der Waals surface area contributed by atoms with E-state index in [1.165, 1.54) is 17.0 Å². The summed E-state index contributed by atoms with van der Waals surface area (Å²) in [7, 11) is 0. The number of fused-ring (bicyclic) bond motifs is 3. The number of piperazine rings is 1. The number of pyridine rings is 1. The number of nitrogens with zero attached hydrogens (tertiary/aromatic N) is 5. The van der Waals surface area contributed by atoms with E-state index in [2.05, 4.69) is 14.8 Å². The van der Waals surface area contributed by atoms with Gasteiger partial charge in [-0.3, -0.25) is 14.6 Å². The Labute approximate surface area is 226 Å². The lowest BCUT2D eigenvalue weighted by Crippen LogP contribution is -2.63. The normalized spacial score (nSPS) is 26.9. The Balaban J connectivity index is 1.19. The first-order chi connectivity index (χ1) is 18.8. The van der Waals surface area contributed by atoms with Crippen LogP contribution in [0.1, 0.15) is 24.5 Å². The van der Waals surface area contributed by atoms with E-state index in [1.807, 2.05) is 13.0 Å². The predicted octanol–water partition coefficient (Wildman–Crippen LogP) is 2.06. The van der Waals surface area contributed by atoms with E-state index in [9.17, 15) is 19.1 Å². The number of morpholine rings is 1. The Hall–Kier alpha value is -3.28. The fourth-order valence-corrected chi connectivity index (χ4v) is 6.31. The number of hydrogen-bond acceptors (Lipinski definition) is 7. The van der Waals surface area contributed by atoms with Crippen LogP contribution in [-0.4, -0.2) is 114 Å². The molecule has 0 spiro atoms. The van der Waals surface area contributed by atoms with Crippen molar-refractivity contribution in [1.82, 2.24) is 19.7 Å². The van der Waals surface area contributed by atoms with E-state index in [-0.39, 0.29) is 36.5 Å². The number of halogens is 1. The zero-order valence-electron chi connectivity index (χ0n) is 22.0. The van der Waals surface area contributed by atoms with Crippen LogP contribution in [0.15, 0.2) is 36.5 Å². The number of anilines is 1. The summed E-state index contributed by atoms with van der Waals surface area (Å²) in [5, 5.41) is 9.78. The number of carbonyl (C=O) groups is 2. The zero-order chi connectivity index (χ0) is 27.1. The fraction of sp³-hybridized carbons (Fsp3) is 0.536. The van der Waals surface area contributed by atoms with Crippen molar-refractivity contribution < 1.29 is 28.6 Å². The molecule has 0 unspecified atom stereocenters. The van der Waals surface area contributed by atoms with E-state index >= 15 is 0 Å². The third-order valence-electron chi connectivity index (χ3n) is 8.35. The fourth-order valence-electron chi connectivity index (χ4n) is 6.31. The second-order valence-electron chi connectivity index (χ2n) is 11.0. The number of rotatable bonds is 6. The van der Waals surface area contributed by atoms with Crippen LogP contribution >= 0.6 is 0 Å². The second-order valence-corrected chi connectivity index (χ2v) is 11.0. The van der Waals surface area contributed by atoms with Gasteiger partial charge in [0.05, 0.1) is 25.8 Å². The lowest BCUT2D eigenvalue weighted by atomic mass is 10.1. The molecule has 10 nitrogen and oxygen atoms in total. The summed E-state index contributed by atoms with van der Waals surface area (Å²) in [6.45, 7) is 5.96. The van der Waals surface area contributed by atoms with Gasteiger partial charge in [-0.05, 0) is 49.1 Å². The molecule has 208 valence electrons. The minimum Gasteiger partial charge on any atom is -0.474 e. The third kappa shape index (κ3) is 5.43. The SMILES string of the molecule is C[C@@H]1CN(CC(=O)N2CCOc3ncc(Cc4ccc(F)cc4)cc32)[C@@H](CN2C[C@@H]3C[C@H]2CO3)CN1C(=O)O. The van der Waals surface area contributed by atoms with Gasteiger partial charge in [0.15, 0.2) is 0 Å². The van der Waals surface area contributed by atoms with E-state index in [0.29, 0.717) is 63.4 Å². The maximum atomic E-state index is 13.8. The number of hydrogen-bond donors (Lipinski definition) is 1. The van der Waals surface area contributed by atoms with Gasteiger partial charge >= 0.3 is 6.09 Å². The van der Waals surface area contributed by atoms with Gasteiger partial charge in [-0.25, -0.2) is 14.2 Å². The van der Waals surface area contributed by atoms with E-state index < -0.39 is 6.09 Å². The van der Waals surface area contributed by atoms with Gasteiger partial charge in [0, 0.05) is 50.5 Å². The quantitative estimate of drug-likeness (QED) is 0.596. The van der Waals surface area contributed by atoms with Crippen LogP contribution in [-0.2, 0) is 16.0 Å². The highest BCUT2D eigenvalue weighted by Gasteiger charge is 2.43. The van der Waals surface area contributed by atoms with Crippen LogP contribution in [0.2, 0.25) is 0 Å². The van der Waals surface area contributed by atoms with Gasteiger partial charge in [0.2, 0.25) is 11.8 Å². The maximum Gasteiger partial charge on any atom is 0.407 e. The van der Waals surface area contributed by atoms with Gasteiger partial charge in [-0.1, -0.05) is 12.1 Å². The summed E-state index contributed by atoms with van der Waals surface area (Å²) >= 11 is 0. The molecule has 4 aliphatic rings. The first-order valence-corrected chi connectivity index (χ1v) is 13.6. The molecule has 5 heterocycles. The molecule has 1 N–H and O–H groups in total. The van der Waals surface area contributed by atoms with Crippen molar-refractivity contribution in [2.24, 2.45) is 0 Å². The molecule has 2 aromatic rings. The molecule has 39 heavy (non-hydrogen) atoms. The Morgan fingerprint density at radius 1 is 1.13 bits per heavy atom. The van der Waals surface area contributed by atoms with Crippen LogP contribution in [0.25, 0.3) is 0 Å². The molecule has 1 aromatic carbocycles. The van der Waals surface area contributed by atoms with E-state index in [0.717, 1.165) is 24.1 Å². The van der Waals surface area contributed by atoms with Crippen molar-refractivity contribution in [2.75, 3.05) is 57.4 Å². The molecule has 11 heteroatoms. The highest BCUT2D eigenvalue weighted by Crippen LogP contribution is 2.32. The molecule has 1 aromatic heterocycles. The molecule has 4 aliphatic heterocycles. The summed E-state index contributed by atoms with van der Waals surface area (Å²) in [6.07, 6.45) is 2.63. The number of amides is 2. The molecule has 2 bridgehead atoms. The van der Waals surface area contributed by atoms with Gasteiger partial charge in [-0.15, -0.1) is 0 Å². The molecule has 6 rings (SSSR count). The first-order valence-electron chi connectivity index (χ1n) is 13.6. The molecule has 3 fully saturated rings. The van der Waals surface area contributed by atoms with Crippen LogP contribution in [0.4, 0.5) is 14.9 Å². The highest BCUT2D eigenvalue weighted by atomic mass is 19.1. The standard InChI is InChI=1S/C28H34FN5O5/c1-18-12-31(23(14-34(18)28(36)37)13-32-15-24-10-22(32)17-39-24)16-26(35)33-6-7-38-27-25(33)9-20(11-30-27)8-19-2-4-21(29)5-3-19/h2-5,9,11,18,22-24H,6-8,10,12-17H2,1H3,(H,36,37)/t18-,22+,23+,24+/m1/s1. The third-order valence-corrected chi connectivity index (χ3v) is 8.35. The summed E-state index contributed by atoms with van der Waals surface area (Å²) in [4.78, 5) is 37.9. The average Bonchev–Trinajstić information content (AvgIpc) is 3.54. The van der Waals surface area contributed by atoms with Crippen LogP contribution < -0.4 is 9.64 Å². The van der Waals surface area contributed by atoms with Gasteiger partial charge in [-0.2, -0.15) is 0 Å². The molecule has 0 saturated carbocycles. The number of aromatic nitrogens is 1. The maximum absolute atomic E-state index is 13.8. The Bertz CT molecular complexity index is 1230. The highest BCUT2D eigenvalue weighted by molar-refractivity contribution is 5.96. The summed E-state index contributed by atoms with van der Waals surface area (Å²) in [5.74, 6) is 0.0774. The number of ether oxygens (including phenoxy) is 2. The average molecular weight is 540 g/mol. The zero-order valence-corrected chi connectivity index (χ0v) is 22.0. The lowest BCUT2D eigenvalue weighted by molar-refractivity contribution is -0.121. The molecular formula is C28H34FN5O5. The van der Waals surface area contributed by atoms with Crippen LogP contribution in [0.3, 0.4) is 0 Å². The second kappa shape index (κ2) is 10.7. The molecule has 0 aliphatic carbocycles. The summed E-state index contributed by atoms with van der Waals surface area (Å²) in [5.41, 5.74) is 2.48. The predicted molar refractivity (Wildman–Crippen MR) is 141 cm³/mol. The minimum absolute atomic E-state index is 0.0625. The Morgan fingerprint density at radius 2 is 1.95 bits per heavy atom. The number of carbonyl (C=O) groups excluding carboxylic acids is 1. The Kier molecular flexibility index (Phi) is 7.13. The molecular weight excluding hydrogens is 505 g/mol. The summed E-state index contributed by atoms with van der Waals surface area (Å²) in [6, 6.07) is 8.32. The van der Waals surface area contributed by atoms with Gasteiger partial charge < -0.3 is 24.4 Å². The lowest BCUT2D eigenvalue weighted by Gasteiger charge is -2.46. The van der Waals surface area contributed by atoms with E-state index in [1.54, 1.807) is 23.2 Å². The molecule has 3 saturated heterocycles. The largest absolute Gasteiger partial charge is 0.474 e. The summed E-state index contributed by atoms with van der Waals surface area (Å²) < 4.78 is 24.8. The first kappa shape index (κ1) is 26.0. The topological polar surface area (TPSA) is 98.7 Å². The Morgan fingerprint density at radius 3 is 2.67 bits per heavy atom. The van der Waals surface area contributed by atoms with Crippen molar-refractivity contribution >= 4 is 17.7 Å². The van der Waals surface area contributed by atoms with E-state index in [4.69, 9.17) is 9.47 Å². The molecule has 0 radical (unpaired) electrons. The van der Waals surface area contributed by atoms with Crippen molar-refractivity contribution in [2.45, 2.75) is 44.0 Å². The van der Waals surface area contributed by atoms with Crippen molar-refractivity contribution in [3.05, 3.63) is 53.5 Å². The monoisotopic (exact) mass is 539 g/mol. The molecule has 2 amide bonds. The van der Waals surface area contributed by atoms with Crippen molar-refractivity contribution in [1.29, 1.82) is 0 Å². The minimum atomic E-state index is -0.924. The van der Waals surface area contributed by atoms with Crippen LogP contribution in [0.5, 0.6) is 5.88 Å². The molecule has 4 atom stereocenters. The smallest absolute Gasteiger partial charge is 0.407 e.